The number of piperidine rings is 1. The summed E-state index contributed by atoms with van der Waals surface area (Å²) in [6.07, 6.45) is 2.53. The zero-order chi connectivity index (χ0) is 24.2. The van der Waals surface area contributed by atoms with E-state index in [1.165, 1.54) is 43.5 Å². The van der Waals surface area contributed by atoms with Crippen molar-refractivity contribution in [3.05, 3.63) is 47.7 Å². The largest absolute Gasteiger partial charge is 0.478 e. The van der Waals surface area contributed by atoms with Gasteiger partial charge in [-0.25, -0.2) is 18.2 Å². The van der Waals surface area contributed by atoms with Crippen LogP contribution < -0.4 is 9.62 Å². The summed E-state index contributed by atoms with van der Waals surface area (Å²) in [4.78, 5) is 41.2. The second kappa shape index (κ2) is 9.99. The molecule has 1 fully saturated rings. The molecular weight excluding hydrogens is 450 g/mol. The minimum atomic E-state index is -4.03. The fraction of sp³-hybridized carbons (Fsp3) is 0.364. The molecule has 1 atom stereocenters. The Bertz CT molecular complexity index is 1160. The lowest BCUT2D eigenvalue weighted by Gasteiger charge is -2.33. The van der Waals surface area contributed by atoms with Gasteiger partial charge in [-0.3, -0.25) is 14.3 Å². The molecule has 1 aliphatic rings. The normalized spacial score (nSPS) is 16.2. The van der Waals surface area contributed by atoms with E-state index in [1.54, 1.807) is 11.8 Å². The van der Waals surface area contributed by atoms with Gasteiger partial charge in [0.05, 0.1) is 29.3 Å². The quantitative estimate of drug-likeness (QED) is 0.435. The fourth-order valence-corrected chi connectivity index (χ4v) is 4.66. The molecule has 0 amide bonds. The number of esters is 1. The molecule has 3 rings (SSSR count). The number of nitrogens with zero attached hydrogens (tertiary/aromatic N) is 2. The van der Waals surface area contributed by atoms with Crippen molar-refractivity contribution >= 4 is 39.3 Å². The van der Waals surface area contributed by atoms with Crippen LogP contribution >= 0.6 is 0 Å². The minimum absolute atomic E-state index is 0.0225. The number of ether oxygens (including phenoxy) is 1. The number of benzene rings is 1. The second-order valence-electron chi connectivity index (χ2n) is 7.62. The van der Waals surface area contributed by atoms with Gasteiger partial charge in [0.15, 0.2) is 5.78 Å². The maximum Gasteiger partial charge on any atom is 0.339 e. The van der Waals surface area contributed by atoms with Crippen molar-refractivity contribution in [1.82, 2.24) is 4.98 Å². The highest BCUT2D eigenvalue weighted by atomic mass is 32.2. The first-order chi connectivity index (χ1) is 15.6. The van der Waals surface area contributed by atoms with Gasteiger partial charge in [0.25, 0.3) is 10.0 Å². The Labute approximate surface area is 191 Å². The van der Waals surface area contributed by atoms with E-state index in [0.717, 1.165) is 0 Å². The number of hydrogen-bond acceptors (Lipinski definition) is 8. The van der Waals surface area contributed by atoms with Gasteiger partial charge in [-0.05, 0) is 44.9 Å². The van der Waals surface area contributed by atoms with Crippen LogP contribution in [-0.2, 0) is 19.6 Å². The summed E-state index contributed by atoms with van der Waals surface area (Å²) in [6, 6.07) is 6.58. The van der Waals surface area contributed by atoms with E-state index in [2.05, 4.69) is 9.71 Å². The number of nitrogens with one attached hydrogen (secondary N) is 1. The van der Waals surface area contributed by atoms with Crippen molar-refractivity contribution in [2.75, 3.05) is 29.3 Å². The second-order valence-corrected chi connectivity index (χ2v) is 9.31. The molecular formula is C22H25N3O7S. The summed E-state index contributed by atoms with van der Waals surface area (Å²) in [7, 11) is -4.03. The van der Waals surface area contributed by atoms with E-state index in [-0.39, 0.29) is 46.9 Å². The van der Waals surface area contributed by atoms with Crippen molar-refractivity contribution in [1.29, 1.82) is 0 Å². The fourth-order valence-electron chi connectivity index (χ4n) is 3.63. The maximum absolute atomic E-state index is 12.7. The zero-order valence-electron chi connectivity index (χ0n) is 18.3. The summed E-state index contributed by atoms with van der Waals surface area (Å²) in [6.45, 7) is 4.14. The average Bonchev–Trinajstić information content (AvgIpc) is 2.79. The standard InChI is InChI=1S/C22H25N3O7S/c1-3-32-22(29)16-5-4-10-25(13-16)20-19(21(27)28)11-17(12-23-20)24-33(30,31)18-8-6-15(7-9-18)14(2)26/h6-9,11-12,16,24H,3-5,10,13H2,1-2H3,(H,27,28)/t16-/m1/s1. The van der Waals surface area contributed by atoms with Crippen LogP contribution in [0.1, 0.15) is 47.4 Å². The Kier molecular flexibility index (Phi) is 7.32. The summed E-state index contributed by atoms with van der Waals surface area (Å²) in [5, 5.41) is 9.71. The molecule has 0 spiro atoms. The van der Waals surface area contributed by atoms with E-state index < -0.39 is 21.9 Å². The molecule has 1 saturated heterocycles. The highest BCUT2D eigenvalue weighted by Gasteiger charge is 2.30. The van der Waals surface area contributed by atoms with Crippen molar-refractivity contribution in [3.63, 3.8) is 0 Å². The van der Waals surface area contributed by atoms with Gasteiger partial charge >= 0.3 is 11.9 Å². The predicted octanol–water partition coefficient (Wildman–Crippen LogP) is 2.56. The summed E-state index contributed by atoms with van der Waals surface area (Å²) in [5.74, 6) is -2.04. The molecule has 33 heavy (non-hydrogen) atoms. The van der Waals surface area contributed by atoms with Gasteiger partial charge in [-0.1, -0.05) is 12.1 Å². The molecule has 0 bridgehead atoms. The van der Waals surface area contributed by atoms with Crippen molar-refractivity contribution in [2.45, 2.75) is 31.6 Å². The number of aromatic carboxylic acids is 1. The number of ketones is 1. The number of sulfonamides is 1. The topological polar surface area (TPSA) is 143 Å². The Balaban J connectivity index is 1.84. The average molecular weight is 476 g/mol. The molecule has 0 saturated carbocycles. The van der Waals surface area contributed by atoms with Crippen LogP contribution in [0.3, 0.4) is 0 Å². The van der Waals surface area contributed by atoms with Crippen molar-refractivity contribution < 1.29 is 32.6 Å². The van der Waals surface area contributed by atoms with Crippen LogP contribution in [0.2, 0.25) is 0 Å². The smallest absolute Gasteiger partial charge is 0.339 e. The minimum Gasteiger partial charge on any atom is -0.478 e. The molecule has 1 aromatic carbocycles. The number of aromatic nitrogens is 1. The van der Waals surface area contributed by atoms with E-state index >= 15 is 0 Å². The van der Waals surface area contributed by atoms with E-state index in [9.17, 15) is 27.9 Å². The highest BCUT2D eigenvalue weighted by Crippen LogP contribution is 2.28. The Morgan fingerprint density at radius 1 is 1.24 bits per heavy atom. The third-order valence-corrected chi connectivity index (χ3v) is 6.66. The Hall–Kier alpha value is -3.47. The van der Waals surface area contributed by atoms with Crippen LogP contribution in [0, 0.1) is 5.92 Å². The first-order valence-electron chi connectivity index (χ1n) is 10.4. The molecule has 2 heterocycles. The number of Topliss-reactive ketones (excluding diaryl/α,β-unsaturated/α-hetero) is 1. The van der Waals surface area contributed by atoms with Crippen molar-refractivity contribution in [3.8, 4) is 0 Å². The number of hydrogen-bond donors (Lipinski definition) is 2. The Morgan fingerprint density at radius 3 is 2.55 bits per heavy atom. The van der Waals surface area contributed by atoms with Gasteiger partial charge in [0, 0.05) is 18.7 Å². The molecule has 2 N–H and O–H groups in total. The summed E-state index contributed by atoms with van der Waals surface area (Å²) in [5.41, 5.74) is 0.160. The first kappa shape index (κ1) is 24.2. The Morgan fingerprint density at radius 2 is 1.94 bits per heavy atom. The lowest BCUT2D eigenvalue weighted by atomic mass is 9.98. The number of carboxylic acid groups (broad SMARTS) is 1. The van der Waals surface area contributed by atoms with Gasteiger partial charge in [-0.2, -0.15) is 0 Å². The molecule has 0 aliphatic carbocycles. The number of carbonyl (C=O) groups excluding carboxylic acids is 2. The van der Waals surface area contributed by atoms with E-state index in [4.69, 9.17) is 4.74 Å². The summed E-state index contributed by atoms with van der Waals surface area (Å²) < 4.78 is 32.8. The third-order valence-electron chi connectivity index (χ3n) is 5.26. The highest BCUT2D eigenvalue weighted by molar-refractivity contribution is 7.92. The van der Waals surface area contributed by atoms with Gasteiger partial charge in [0.1, 0.15) is 11.4 Å². The van der Waals surface area contributed by atoms with E-state index in [0.29, 0.717) is 24.9 Å². The van der Waals surface area contributed by atoms with Crippen molar-refractivity contribution in [2.24, 2.45) is 5.92 Å². The molecule has 2 aromatic rings. The molecule has 0 unspecified atom stereocenters. The van der Waals surface area contributed by atoms with Crippen LogP contribution in [0.4, 0.5) is 11.5 Å². The van der Waals surface area contributed by atoms with Gasteiger partial charge in [0.2, 0.25) is 0 Å². The molecule has 1 aliphatic heterocycles. The van der Waals surface area contributed by atoms with Crippen LogP contribution in [-0.4, -0.2) is 55.9 Å². The molecule has 1 aromatic heterocycles. The SMILES string of the molecule is CCOC(=O)[C@@H]1CCCN(c2ncc(NS(=O)(=O)c3ccc(C(C)=O)cc3)cc2C(=O)O)C1. The van der Waals surface area contributed by atoms with Crippen LogP contribution in [0.5, 0.6) is 0 Å². The lowest BCUT2D eigenvalue weighted by Crippen LogP contribution is -2.40. The van der Waals surface area contributed by atoms with Gasteiger partial charge < -0.3 is 14.7 Å². The molecule has 0 radical (unpaired) electrons. The number of rotatable bonds is 8. The lowest BCUT2D eigenvalue weighted by molar-refractivity contribution is -0.148. The van der Waals surface area contributed by atoms with Crippen LogP contribution in [0.25, 0.3) is 0 Å². The maximum atomic E-state index is 12.7. The number of carbonyl (C=O) groups is 3. The van der Waals surface area contributed by atoms with E-state index in [1.807, 2.05) is 0 Å². The molecule has 10 nitrogen and oxygen atoms in total. The zero-order valence-corrected chi connectivity index (χ0v) is 19.1. The number of carboxylic acids is 1. The predicted molar refractivity (Wildman–Crippen MR) is 120 cm³/mol. The monoisotopic (exact) mass is 475 g/mol. The summed E-state index contributed by atoms with van der Waals surface area (Å²) >= 11 is 0. The number of pyridine rings is 1. The van der Waals surface area contributed by atoms with Crippen LogP contribution in [0.15, 0.2) is 41.4 Å². The van der Waals surface area contributed by atoms with Gasteiger partial charge in [-0.15, -0.1) is 0 Å². The third kappa shape index (κ3) is 5.67. The first-order valence-corrected chi connectivity index (χ1v) is 11.9. The molecule has 11 heteroatoms. The number of anilines is 2. The molecule has 176 valence electrons.